The first-order chi connectivity index (χ1) is 10.8. The average molecular weight is 297 g/mol. The van der Waals surface area contributed by atoms with Crippen molar-refractivity contribution in [3.05, 3.63) is 65.1 Å². The molecule has 3 aromatic rings. The van der Waals surface area contributed by atoms with Crippen molar-refractivity contribution in [2.75, 3.05) is 13.7 Å². The van der Waals surface area contributed by atoms with E-state index in [1.807, 2.05) is 18.2 Å². The van der Waals surface area contributed by atoms with Crippen LogP contribution in [0.1, 0.15) is 22.9 Å². The van der Waals surface area contributed by atoms with Gasteiger partial charge in [0.25, 0.3) is 0 Å². The molecule has 1 atom stereocenters. The maximum absolute atomic E-state index is 14.3. The summed E-state index contributed by atoms with van der Waals surface area (Å²) in [6.07, 6.45) is 0.410. The summed E-state index contributed by atoms with van der Waals surface area (Å²) in [5, 5.41) is 1.19. The molecule has 112 valence electrons. The van der Waals surface area contributed by atoms with Crippen molar-refractivity contribution in [3.8, 4) is 5.75 Å². The number of methoxy groups -OCH3 is 1. The number of H-pyrrole nitrogens is 1. The molecule has 1 aromatic heterocycles. The van der Waals surface area contributed by atoms with E-state index in [0.29, 0.717) is 17.9 Å². The first-order valence-corrected chi connectivity index (χ1v) is 7.32. The number of hydrogen-bond acceptors (Lipinski definition) is 2. The summed E-state index contributed by atoms with van der Waals surface area (Å²) in [6, 6.07) is 12.9. The minimum atomic E-state index is -0.425. The number of aromatic nitrogens is 1. The zero-order chi connectivity index (χ0) is 15.1. The van der Waals surface area contributed by atoms with E-state index in [9.17, 15) is 4.39 Å². The highest BCUT2D eigenvalue weighted by atomic mass is 19.1. The maximum Gasteiger partial charge on any atom is 0.129 e. The number of aromatic amines is 1. The van der Waals surface area contributed by atoms with Gasteiger partial charge in [0.2, 0.25) is 0 Å². The number of benzene rings is 2. The molecule has 0 bridgehead atoms. The minimum absolute atomic E-state index is 0.280. The fraction of sp³-hybridized carbons (Fsp3) is 0.222. The Labute approximate surface area is 127 Å². The number of rotatable bonds is 2. The molecular formula is C18H16FNO2. The van der Waals surface area contributed by atoms with Gasteiger partial charge in [0.05, 0.1) is 19.4 Å². The molecule has 3 nitrogen and oxygen atoms in total. The molecule has 0 aliphatic carbocycles. The summed E-state index contributed by atoms with van der Waals surface area (Å²) in [6.45, 7) is 0.580. The molecule has 1 unspecified atom stereocenters. The Morgan fingerprint density at radius 3 is 2.95 bits per heavy atom. The third kappa shape index (κ3) is 1.99. The Morgan fingerprint density at radius 1 is 1.23 bits per heavy atom. The van der Waals surface area contributed by atoms with Gasteiger partial charge < -0.3 is 14.5 Å². The highest BCUT2D eigenvalue weighted by Crippen LogP contribution is 2.38. The Morgan fingerprint density at radius 2 is 2.09 bits per heavy atom. The van der Waals surface area contributed by atoms with E-state index in [-0.39, 0.29) is 5.82 Å². The van der Waals surface area contributed by atoms with Crippen LogP contribution in [0.15, 0.2) is 42.5 Å². The third-order valence-electron chi connectivity index (χ3n) is 4.23. The number of hydrogen-bond donors (Lipinski definition) is 1. The summed E-state index contributed by atoms with van der Waals surface area (Å²) in [4.78, 5) is 3.40. The van der Waals surface area contributed by atoms with E-state index in [1.165, 1.54) is 17.0 Å². The van der Waals surface area contributed by atoms with Gasteiger partial charge in [0.15, 0.2) is 0 Å². The molecule has 0 saturated carbocycles. The van der Waals surface area contributed by atoms with Crippen LogP contribution in [0.4, 0.5) is 4.39 Å². The second kappa shape index (κ2) is 5.14. The summed E-state index contributed by atoms with van der Waals surface area (Å²) in [5.41, 5.74) is 3.73. The number of para-hydroxylation sites is 1. The van der Waals surface area contributed by atoms with E-state index in [2.05, 4.69) is 11.1 Å². The van der Waals surface area contributed by atoms with Gasteiger partial charge in [-0.15, -0.1) is 0 Å². The molecule has 1 aliphatic heterocycles. The van der Waals surface area contributed by atoms with E-state index >= 15 is 0 Å². The largest absolute Gasteiger partial charge is 0.497 e. The van der Waals surface area contributed by atoms with Crippen molar-refractivity contribution < 1.29 is 13.9 Å². The normalized spacial score (nSPS) is 17.5. The fourth-order valence-corrected chi connectivity index (χ4v) is 3.17. The first-order valence-electron chi connectivity index (χ1n) is 7.32. The van der Waals surface area contributed by atoms with E-state index in [4.69, 9.17) is 9.47 Å². The molecule has 2 heterocycles. The highest BCUT2D eigenvalue weighted by molar-refractivity contribution is 5.85. The van der Waals surface area contributed by atoms with Gasteiger partial charge in [0.1, 0.15) is 17.7 Å². The van der Waals surface area contributed by atoms with Gasteiger partial charge in [-0.05, 0) is 36.2 Å². The van der Waals surface area contributed by atoms with Crippen molar-refractivity contribution in [1.29, 1.82) is 0 Å². The van der Waals surface area contributed by atoms with Gasteiger partial charge >= 0.3 is 0 Å². The Bertz CT molecular complexity index is 840. The van der Waals surface area contributed by atoms with E-state index < -0.39 is 6.10 Å². The topological polar surface area (TPSA) is 34.2 Å². The molecular weight excluding hydrogens is 281 g/mol. The van der Waals surface area contributed by atoms with Crippen LogP contribution in [0.25, 0.3) is 10.9 Å². The van der Waals surface area contributed by atoms with Gasteiger partial charge in [-0.2, -0.15) is 0 Å². The molecule has 4 rings (SSSR count). The lowest BCUT2D eigenvalue weighted by Gasteiger charge is -2.24. The lowest BCUT2D eigenvalue weighted by Crippen LogP contribution is -2.18. The number of nitrogens with one attached hydrogen (secondary N) is 1. The standard InChI is InChI=1S/C18H16FNO2/c1-21-11-6-7-15(19)14(10-11)18-17-13(8-9-22-18)12-4-2-3-5-16(12)20-17/h2-7,10,18,20H,8-9H2,1H3. The number of ether oxygens (including phenoxy) is 2. The van der Waals surface area contributed by atoms with Gasteiger partial charge in [-0.25, -0.2) is 4.39 Å². The molecule has 0 amide bonds. The predicted molar refractivity (Wildman–Crippen MR) is 82.7 cm³/mol. The third-order valence-corrected chi connectivity index (χ3v) is 4.23. The molecule has 1 N–H and O–H groups in total. The van der Waals surface area contributed by atoms with Crippen molar-refractivity contribution in [1.82, 2.24) is 4.98 Å². The van der Waals surface area contributed by atoms with Crippen LogP contribution in [0, 0.1) is 5.82 Å². The summed E-state index contributed by atoms with van der Waals surface area (Å²) in [5.74, 6) is 0.348. The Hall–Kier alpha value is -2.33. The summed E-state index contributed by atoms with van der Waals surface area (Å²) < 4.78 is 25.4. The summed E-state index contributed by atoms with van der Waals surface area (Å²) in [7, 11) is 1.58. The molecule has 0 saturated heterocycles. The fourth-order valence-electron chi connectivity index (χ4n) is 3.17. The monoisotopic (exact) mass is 297 g/mol. The second-order valence-corrected chi connectivity index (χ2v) is 5.45. The van der Waals surface area contributed by atoms with Crippen LogP contribution < -0.4 is 4.74 Å². The molecule has 0 fully saturated rings. The van der Waals surface area contributed by atoms with Crippen LogP contribution in [0.2, 0.25) is 0 Å². The van der Waals surface area contributed by atoms with Crippen LogP contribution in [0.3, 0.4) is 0 Å². The predicted octanol–water partition coefficient (Wildman–Crippen LogP) is 3.98. The SMILES string of the molecule is COc1ccc(F)c(C2OCCc3c2[nH]c2ccccc32)c1. The molecule has 0 spiro atoms. The van der Waals surface area contributed by atoms with Crippen molar-refractivity contribution in [3.63, 3.8) is 0 Å². The molecule has 1 aliphatic rings. The van der Waals surface area contributed by atoms with Gasteiger partial charge in [0, 0.05) is 16.5 Å². The average Bonchev–Trinajstić information content (AvgIpc) is 2.94. The number of halogens is 1. The zero-order valence-electron chi connectivity index (χ0n) is 12.2. The van der Waals surface area contributed by atoms with Crippen LogP contribution in [-0.2, 0) is 11.2 Å². The summed E-state index contributed by atoms with van der Waals surface area (Å²) >= 11 is 0. The molecule has 2 aromatic carbocycles. The lowest BCUT2D eigenvalue weighted by molar-refractivity contribution is 0.0652. The Kier molecular flexibility index (Phi) is 3.12. The highest BCUT2D eigenvalue weighted by Gasteiger charge is 2.28. The van der Waals surface area contributed by atoms with E-state index in [1.54, 1.807) is 19.2 Å². The van der Waals surface area contributed by atoms with Crippen molar-refractivity contribution in [2.24, 2.45) is 0 Å². The van der Waals surface area contributed by atoms with Gasteiger partial charge in [-0.1, -0.05) is 18.2 Å². The smallest absolute Gasteiger partial charge is 0.129 e. The second-order valence-electron chi connectivity index (χ2n) is 5.45. The first kappa shape index (κ1) is 13.3. The Balaban J connectivity index is 1.89. The number of fused-ring (bicyclic) bond motifs is 3. The van der Waals surface area contributed by atoms with Crippen molar-refractivity contribution >= 4 is 10.9 Å². The van der Waals surface area contributed by atoms with Crippen LogP contribution in [0.5, 0.6) is 5.75 Å². The molecule has 22 heavy (non-hydrogen) atoms. The molecule has 4 heteroatoms. The van der Waals surface area contributed by atoms with Gasteiger partial charge in [-0.3, -0.25) is 0 Å². The van der Waals surface area contributed by atoms with Crippen LogP contribution in [-0.4, -0.2) is 18.7 Å². The quantitative estimate of drug-likeness (QED) is 0.776. The van der Waals surface area contributed by atoms with Crippen LogP contribution >= 0.6 is 0 Å². The molecule has 0 radical (unpaired) electrons. The van der Waals surface area contributed by atoms with E-state index in [0.717, 1.165) is 17.6 Å². The lowest BCUT2D eigenvalue weighted by atomic mass is 9.97. The zero-order valence-corrected chi connectivity index (χ0v) is 12.2. The van der Waals surface area contributed by atoms with Crippen molar-refractivity contribution in [2.45, 2.75) is 12.5 Å². The maximum atomic E-state index is 14.3. The minimum Gasteiger partial charge on any atom is -0.497 e.